The fourth-order valence-corrected chi connectivity index (χ4v) is 9.58. The summed E-state index contributed by atoms with van der Waals surface area (Å²) in [6.45, 7) is 11.2. The smallest absolute Gasteiger partial charge is 0.309 e. The lowest BCUT2D eigenvalue weighted by molar-refractivity contribution is -0.161. The first kappa shape index (κ1) is 35.8. The third-order valence-corrected chi connectivity index (χ3v) is 11.2. The molecule has 0 aliphatic heterocycles. The van der Waals surface area contributed by atoms with Gasteiger partial charge in [0.1, 0.15) is 12.4 Å². The Hall–Kier alpha value is -1.43. The highest BCUT2D eigenvalue weighted by molar-refractivity contribution is 5.76. The Morgan fingerprint density at radius 3 is 1.41 bits per heavy atom. The van der Waals surface area contributed by atoms with Gasteiger partial charge in [-0.2, -0.15) is 0 Å². The molecule has 0 spiro atoms. The molecule has 41 heavy (non-hydrogen) atoms. The Balaban J connectivity index is 0.000000209. The number of hydrogen-bond donors (Lipinski definition) is 1. The maximum Gasteiger partial charge on any atom is 0.309 e. The van der Waals surface area contributed by atoms with Gasteiger partial charge in [0, 0.05) is 7.11 Å². The molecule has 6 aliphatic carbocycles. The van der Waals surface area contributed by atoms with Crippen LogP contribution < -0.4 is 0 Å². The summed E-state index contributed by atoms with van der Waals surface area (Å²) in [5, 5.41) is 7.00. The van der Waals surface area contributed by atoms with Crippen LogP contribution in [0.4, 0.5) is 0 Å². The number of esters is 2. The first-order valence-corrected chi connectivity index (χ1v) is 16.7. The number of aliphatic hydroxyl groups excluding tert-OH is 1. The third kappa shape index (κ3) is 9.53. The van der Waals surface area contributed by atoms with Gasteiger partial charge in [-0.3, -0.25) is 9.59 Å². The summed E-state index contributed by atoms with van der Waals surface area (Å²) in [6.07, 6.45) is 20.2. The highest BCUT2D eigenvalue weighted by Crippen LogP contribution is 2.59. The lowest BCUT2D eigenvalue weighted by Crippen LogP contribution is -2.30. The molecule has 0 amide bonds. The van der Waals surface area contributed by atoms with Crippen LogP contribution in [0.25, 0.3) is 0 Å². The van der Waals surface area contributed by atoms with Crippen molar-refractivity contribution in [1.82, 2.24) is 0 Å². The lowest BCUT2D eigenvalue weighted by atomic mass is 9.82. The number of aliphatic hydroxyl groups is 1. The molecule has 0 saturated heterocycles. The predicted molar refractivity (Wildman–Crippen MR) is 164 cm³/mol. The molecular weight excluding hydrogens is 516 g/mol. The van der Waals surface area contributed by atoms with Gasteiger partial charge in [0.2, 0.25) is 0 Å². The second-order valence-electron chi connectivity index (χ2n) is 14.5. The first-order valence-electron chi connectivity index (χ1n) is 16.7. The molecule has 0 radical (unpaired) electrons. The highest BCUT2D eigenvalue weighted by atomic mass is 16.6. The van der Waals surface area contributed by atoms with E-state index in [0.717, 1.165) is 7.11 Å². The lowest BCUT2D eigenvalue weighted by Gasteiger charge is -2.24. The first-order chi connectivity index (χ1) is 19.6. The zero-order chi connectivity index (χ0) is 30.7. The Morgan fingerprint density at radius 2 is 1.12 bits per heavy atom. The molecule has 0 aromatic rings. The highest BCUT2D eigenvalue weighted by Gasteiger charge is 2.49. The SMILES string of the molecule is C1CC2C3CCC(C3)C2C1.C1CC2C3CCC(C3)C2C1.C=O.CCC(CC(C)C(=O)OC)C(=O)OC(C)(C)C.CO. The summed E-state index contributed by atoms with van der Waals surface area (Å²) in [5.41, 5.74) is -0.487. The summed E-state index contributed by atoms with van der Waals surface area (Å²) in [4.78, 5) is 31.2. The molecule has 6 fully saturated rings. The van der Waals surface area contributed by atoms with E-state index in [9.17, 15) is 9.59 Å². The number of carbonyl (C=O) groups excluding carboxylic acids is 3. The number of methoxy groups -OCH3 is 1. The Kier molecular flexibility index (Phi) is 14.8. The fraction of sp³-hybridized carbons (Fsp3) is 0.914. The molecule has 0 heterocycles. The summed E-state index contributed by atoms with van der Waals surface area (Å²) < 4.78 is 9.96. The van der Waals surface area contributed by atoms with E-state index in [2.05, 4.69) is 4.74 Å². The van der Waals surface area contributed by atoms with Crippen molar-refractivity contribution in [2.75, 3.05) is 14.2 Å². The van der Waals surface area contributed by atoms with Crippen LogP contribution in [0.2, 0.25) is 0 Å². The van der Waals surface area contributed by atoms with Gasteiger partial charge >= 0.3 is 11.9 Å². The third-order valence-electron chi connectivity index (χ3n) is 11.2. The topological polar surface area (TPSA) is 89.9 Å². The second-order valence-corrected chi connectivity index (χ2v) is 14.5. The number of ether oxygens (including phenoxy) is 2. The van der Waals surface area contributed by atoms with Crippen LogP contribution in [0.3, 0.4) is 0 Å². The van der Waals surface area contributed by atoms with Gasteiger partial charge in [0.25, 0.3) is 0 Å². The number of carbonyl (C=O) groups is 3. The normalized spacial score (nSPS) is 34.5. The maximum absolute atomic E-state index is 11.9. The van der Waals surface area contributed by atoms with E-state index >= 15 is 0 Å². The van der Waals surface area contributed by atoms with Crippen molar-refractivity contribution in [3.8, 4) is 0 Å². The van der Waals surface area contributed by atoms with Crippen LogP contribution in [-0.4, -0.2) is 43.7 Å². The van der Waals surface area contributed by atoms with Gasteiger partial charge in [-0.25, -0.2) is 0 Å². The molecule has 0 aromatic heterocycles. The summed E-state index contributed by atoms with van der Waals surface area (Å²) in [5.74, 6) is 8.54. The van der Waals surface area contributed by atoms with Gasteiger partial charge in [-0.15, -0.1) is 0 Å². The van der Waals surface area contributed by atoms with Gasteiger partial charge in [0.15, 0.2) is 0 Å². The minimum Gasteiger partial charge on any atom is -0.469 e. The molecule has 10 atom stereocenters. The Bertz CT molecular complexity index is 722. The van der Waals surface area contributed by atoms with E-state index < -0.39 is 5.60 Å². The monoisotopic (exact) mass is 578 g/mol. The second kappa shape index (κ2) is 17.0. The molecular formula is C35H62O6. The Morgan fingerprint density at radius 1 is 0.756 bits per heavy atom. The zero-order valence-corrected chi connectivity index (χ0v) is 27.4. The van der Waals surface area contributed by atoms with E-state index in [-0.39, 0.29) is 23.8 Å². The quantitative estimate of drug-likeness (QED) is 0.337. The average molecular weight is 579 g/mol. The molecule has 238 valence electrons. The van der Waals surface area contributed by atoms with Gasteiger partial charge in [-0.1, -0.05) is 26.7 Å². The van der Waals surface area contributed by atoms with E-state index in [1.807, 2.05) is 34.5 Å². The minimum atomic E-state index is -0.487. The minimum absolute atomic E-state index is 0.240. The van der Waals surface area contributed by atoms with E-state index in [1.54, 1.807) is 84.0 Å². The van der Waals surface area contributed by atoms with Gasteiger partial charge in [-0.05, 0) is 145 Å². The molecule has 10 unspecified atom stereocenters. The molecule has 6 rings (SSSR count). The van der Waals surface area contributed by atoms with E-state index in [1.165, 1.54) is 54.5 Å². The molecule has 1 N–H and O–H groups in total. The molecule has 6 nitrogen and oxygen atoms in total. The average Bonchev–Trinajstić information content (AvgIpc) is 3.80. The van der Waals surface area contributed by atoms with Crippen LogP contribution in [-0.2, 0) is 23.9 Å². The number of fused-ring (bicyclic) bond motifs is 10. The van der Waals surface area contributed by atoms with Crippen molar-refractivity contribution in [2.24, 2.45) is 59.2 Å². The predicted octanol–water partition coefficient (Wildman–Crippen LogP) is 7.64. The fourth-order valence-electron chi connectivity index (χ4n) is 9.58. The van der Waals surface area contributed by atoms with Crippen LogP contribution in [0.1, 0.15) is 125 Å². The van der Waals surface area contributed by atoms with Crippen LogP contribution >= 0.6 is 0 Å². The van der Waals surface area contributed by atoms with Crippen molar-refractivity contribution in [3.05, 3.63) is 0 Å². The summed E-state index contributed by atoms with van der Waals surface area (Å²) in [6, 6.07) is 0. The summed E-state index contributed by atoms with van der Waals surface area (Å²) >= 11 is 0. The van der Waals surface area contributed by atoms with Crippen molar-refractivity contribution >= 4 is 18.7 Å². The van der Waals surface area contributed by atoms with E-state index in [4.69, 9.17) is 14.6 Å². The molecule has 6 aliphatic rings. The molecule has 4 bridgehead atoms. The van der Waals surface area contributed by atoms with Crippen LogP contribution in [0.5, 0.6) is 0 Å². The number of hydrogen-bond acceptors (Lipinski definition) is 6. The van der Waals surface area contributed by atoms with Crippen molar-refractivity contribution in [3.63, 3.8) is 0 Å². The van der Waals surface area contributed by atoms with Gasteiger partial charge < -0.3 is 19.4 Å². The van der Waals surface area contributed by atoms with Crippen LogP contribution in [0, 0.1) is 59.2 Å². The molecule has 6 saturated carbocycles. The maximum atomic E-state index is 11.9. The van der Waals surface area contributed by atoms with Crippen molar-refractivity contribution in [1.29, 1.82) is 0 Å². The number of rotatable bonds is 5. The summed E-state index contributed by atoms with van der Waals surface area (Å²) in [7, 11) is 2.35. The zero-order valence-electron chi connectivity index (χ0n) is 27.4. The van der Waals surface area contributed by atoms with Crippen molar-refractivity contribution in [2.45, 2.75) is 130 Å². The van der Waals surface area contributed by atoms with E-state index in [0.29, 0.717) is 12.8 Å². The molecule has 0 aromatic carbocycles. The van der Waals surface area contributed by atoms with Gasteiger partial charge in [0.05, 0.1) is 18.9 Å². The van der Waals surface area contributed by atoms with Crippen molar-refractivity contribution < 1.29 is 29.0 Å². The molecule has 6 heteroatoms. The largest absolute Gasteiger partial charge is 0.469 e. The van der Waals surface area contributed by atoms with Crippen LogP contribution in [0.15, 0.2) is 0 Å². The Labute approximate surface area is 251 Å². The standard InChI is InChI=1S/C13H24O4.2C10H16.CH4O.CH2O/c1-7-10(8-9(2)11(14)16-6)12(15)17-13(3,4)5;2*1-2-9-7-4-5-8(6-7)10(9)3-1;2*1-2/h9-10H,7-8H2,1-6H3;2*7-10H,1-6H2;2H,1H3;1H2.